The van der Waals surface area contributed by atoms with Gasteiger partial charge >= 0.3 is 0 Å². The summed E-state index contributed by atoms with van der Waals surface area (Å²) in [6, 6.07) is 14.1. The quantitative estimate of drug-likeness (QED) is 0.702. The molecule has 0 amide bonds. The summed E-state index contributed by atoms with van der Waals surface area (Å²) in [6.07, 6.45) is 0. The van der Waals surface area contributed by atoms with Crippen molar-refractivity contribution in [1.29, 1.82) is 0 Å². The van der Waals surface area contributed by atoms with Crippen LogP contribution in [0.1, 0.15) is 11.1 Å². The smallest absolute Gasteiger partial charge is 0.0494 e. The molecule has 94 valence electrons. The van der Waals surface area contributed by atoms with Crippen LogP contribution in [0.25, 0.3) is 0 Å². The highest BCUT2D eigenvalue weighted by atomic mass is 35.5. The van der Waals surface area contributed by atoms with Crippen LogP contribution >= 0.6 is 23.2 Å². The Balaban J connectivity index is 2.41. The second-order valence-electron chi connectivity index (χ2n) is 4.30. The molecular weight excluding hydrogens is 265 g/mol. The molecule has 0 atom stereocenters. The van der Waals surface area contributed by atoms with E-state index < -0.39 is 0 Å². The molecule has 0 aliphatic rings. The Morgan fingerprint density at radius 1 is 1.06 bits per heavy atom. The summed E-state index contributed by atoms with van der Waals surface area (Å²) in [5, 5.41) is 0.720. The molecule has 0 aliphatic carbocycles. The number of halogens is 2. The molecule has 0 N–H and O–H groups in total. The van der Waals surface area contributed by atoms with Gasteiger partial charge in [0.25, 0.3) is 0 Å². The van der Waals surface area contributed by atoms with E-state index in [1.807, 2.05) is 25.2 Å². The van der Waals surface area contributed by atoms with E-state index in [-0.39, 0.29) is 0 Å². The number of aryl methyl sites for hydroxylation is 1. The van der Waals surface area contributed by atoms with Crippen LogP contribution in [0.4, 0.5) is 11.4 Å². The molecule has 0 saturated heterocycles. The van der Waals surface area contributed by atoms with Gasteiger partial charge < -0.3 is 4.90 Å². The fourth-order valence-electron chi connectivity index (χ4n) is 1.87. The molecule has 2 aromatic carbocycles. The van der Waals surface area contributed by atoms with Crippen molar-refractivity contribution in [3.8, 4) is 0 Å². The van der Waals surface area contributed by atoms with Crippen molar-refractivity contribution < 1.29 is 0 Å². The van der Waals surface area contributed by atoms with E-state index in [0.717, 1.165) is 22.0 Å². The molecule has 0 aromatic heterocycles. The Morgan fingerprint density at radius 2 is 1.72 bits per heavy atom. The van der Waals surface area contributed by atoms with E-state index in [1.165, 1.54) is 5.56 Å². The molecule has 3 heteroatoms. The number of hydrogen-bond acceptors (Lipinski definition) is 1. The molecule has 0 fully saturated rings. The molecule has 2 aromatic rings. The predicted octanol–water partition coefficient (Wildman–Crippen LogP) is 5.16. The van der Waals surface area contributed by atoms with E-state index in [4.69, 9.17) is 23.2 Å². The number of rotatable bonds is 3. The zero-order chi connectivity index (χ0) is 13.1. The Bertz CT molecular complexity index is 535. The fourth-order valence-corrected chi connectivity index (χ4v) is 2.26. The van der Waals surface area contributed by atoms with E-state index >= 15 is 0 Å². The number of alkyl halides is 1. The summed E-state index contributed by atoms with van der Waals surface area (Å²) < 4.78 is 0. The maximum absolute atomic E-state index is 6.06. The lowest BCUT2D eigenvalue weighted by atomic mass is 10.1. The SMILES string of the molecule is Cc1ccc(N(C)c2cc(Cl)ccc2CCl)cc1. The highest BCUT2D eigenvalue weighted by Gasteiger charge is 2.09. The first-order valence-electron chi connectivity index (χ1n) is 5.76. The minimum Gasteiger partial charge on any atom is -0.344 e. The maximum Gasteiger partial charge on any atom is 0.0494 e. The minimum atomic E-state index is 0.475. The monoisotopic (exact) mass is 279 g/mol. The summed E-state index contributed by atoms with van der Waals surface area (Å²) in [7, 11) is 2.02. The highest BCUT2D eigenvalue weighted by molar-refractivity contribution is 6.31. The fraction of sp³-hybridized carbons (Fsp3) is 0.200. The van der Waals surface area contributed by atoms with Gasteiger partial charge in [0.15, 0.2) is 0 Å². The third-order valence-corrected chi connectivity index (χ3v) is 3.50. The van der Waals surface area contributed by atoms with Crippen LogP contribution in [-0.2, 0) is 5.88 Å². The van der Waals surface area contributed by atoms with Gasteiger partial charge in [-0.05, 0) is 36.8 Å². The lowest BCUT2D eigenvalue weighted by Gasteiger charge is -2.22. The average molecular weight is 280 g/mol. The number of benzene rings is 2. The van der Waals surface area contributed by atoms with Gasteiger partial charge in [0.2, 0.25) is 0 Å². The van der Waals surface area contributed by atoms with Crippen molar-refractivity contribution in [3.05, 3.63) is 58.6 Å². The van der Waals surface area contributed by atoms with Gasteiger partial charge in [-0.3, -0.25) is 0 Å². The number of nitrogens with zero attached hydrogens (tertiary/aromatic N) is 1. The third kappa shape index (κ3) is 2.80. The van der Waals surface area contributed by atoms with Crippen LogP contribution in [-0.4, -0.2) is 7.05 Å². The zero-order valence-corrected chi connectivity index (χ0v) is 12.0. The maximum atomic E-state index is 6.06. The standard InChI is InChI=1S/C15H15Cl2N/c1-11-3-7-14(8-4-11)18(2)15-9-13(17)6-5-12(15)10-16/h3-9H,10H2,1-2H3. The Labute approximate surface area is 118 Å². The molecule has 0 saturated carbocycles. The molecule has 18 heavy (non-hydrogen) atoms. The Hall–Kier alpha value is -1.18. The summed E-state index contributed by atoms with van der Waals surface area (Å²) >= 11 is 12.0. The molecule has 1 nitrogen and oxygen atoms in total. The average Bonchev–Trinajstić information content (AvgIpc) is 2.39. The van der Waals surface area contributed by atoms with Gasteiger partial charge in [-0.15, -0.1) is 11.6 Å². The van der Waals surface area contributed by atoms with Crippen LogP contribution in [0.2, 0.25) is 5.02 Å². The summed E-state index contributed by atoms with van der Waals surface area (Å²) in [4.78, 5) is 2.10. The van der Waals surface area contributed by atoms with E-state index in [1.54, 1.807) is 0 Å². The largest absolute Gasteiger partial charge is 0.344 e. The van der Waals surface area contributed by atoms with Crippen LogP contribution in [0, 0.1) is 6.92 Å². The van der Waals surface area contributed by atoms with Gasteiger partial charge in [-0.1, -0.05) is 35.4 Å². The minimum absolute atomic E-state index is 0.475. The second kappa shape index (κ2) is 5.64. The van der Waals surface area contributed by atoms with Crippen LogP contribution in [0.5, 0.6) is 0 Å². The lowest BCUT2D eigenvalue weighted by molar-refractivity contribution is 1.17. The zero-order valence-electron chi connectivity index (χ0n) is 10.5. The molecule has 0 unspecified atom stereocenters. The van der Waals surface area contributed by atoms with Gasteiger partial charge in [0, 0.05) is 29.3 Å². The van der Waals surface area contributed by atoms with Crippen LogP contribution in [0.3, 0.4) is 0 Å². The molecule has 0 spiro atoms. The molecule has 2 rings (SSSR count). The van der Waals surface area contributed by atoms with Crippen molar-refractivity contribution in [2.75, 3.05) is 11.9 Å². The van der Waals surface area contributed by atoms with Gasteiger partial charge in [-0.2, -0.15) is 0 Å². The van der Waals surface area contributed by atoms with E-state index in [2.05, 4.69) is 36.1 Å². The third-order valence-electron chi connectivity index (χ3n) is 2.97. The molecule has 0 bridgehead atoms. The Morgan fingerprint density at radius 3 is 2.33 bits per heavy atom. The van der Waals surface area contributed by atoms with Crippen molar-refractivity contribution in [3.63, 3.8) is 0 Å². The van der Waals surface area contributed by atoms with Gasteiger partial charge in [-0.25, -0.2) is 0 Å². The Kier molecular flexibility index (Phi) is 4.15. The molecule has 0 radical (unpaired) electrons. The topological polar surface area (TPSA) is 3.24 Å². The molecule has 0 heterocycles. The molecule has 0 aliphatic heterocycles. The summed E-state index contributed by atoms with van der Waals surface area (Å²) in [5.74, 6) is 0.475. The normalized spacial score (nSPS) is 10.4. The summed E-state index contributed by atoms with van der Waals surface area (Å²) in [6.45, 7) is 2.08. The van der Waals surface area contributed by atoms with Crippen molar-refractivity contribution in [2.24, 2.45) is 0 Å². The second-order valence-corrected chi connectivity index (χ2v) is 5.00. The first kappa shape index (κ1) is 13.3. The van der Waals surface area contributed by atoms with Crippen LogP contribution in [0.15, 0.2) is 42.5 Å². The van der Waals surface area contributed by atoms with Gasteiger partial charge in [0.05, 0.1) is 0 Å². The first-order chi connectivity index (χ1) is 8.61. The number of anilines is 2. The molecular formula is C15H15Cl2N. The van der Waals surface area contributed by atoms with E-state index in [0.29, 0.717) is 5.88 Å². The van der Waals surface area contributed by atoms with Gasteiger partial charge in [0.1, 0.15) is 0 Å². The summed E-state index contributed by atoms with van der Waals surface area (Å²) in [5.41, 5.74) is 4.48. The number of hydrogen-bond donors (Lipinski definition) is 0. The highest BCUT2D eigenvalue weighted by Crippen LogP contribution is 2.30. The lowest BCUT2D eigenvalue weighted by Crippen LogP contribution is -2.11. The first-order valence-corrected chi connectivity index (χ1v) is 6.68. The predicted molar refractivity (Wildman–Crippen MR) is 80.3 cm³/mol. The van der Waals surface area contributed by atoms with Crippen molar-refractivity contribution in [2.45, 2.75) is 12.8 Å². The van der Waals surface area contributed by atoms with E-state index in [9.17, 15) is 0 Å². The van der Waals surface area contributed by atoms with Crippen molar-refractivity contribution in [1.82, 2.24) is 0 Å². The van der Waals surface area contributed by atoms with Crippen molar-refractivity contribution >= 4 is 34.6 Å². The van der Waals surface area contributed by atoms with Crippen LogP contribution < -0.4 is 4.90 Å².